The first kappa shape index (κ1) is 21.9. The zero-order valence-corrected chi connectivity index (χ0v) is 19.1. The van der Waals surface area contributed by atoms with E-state index in [1.165, 1.54) is 28.2 Å². The highest BCUT2D eigenvalue weighted by Crippen LogP contribution is 2.33. The van der Waals surface area contributed by atoms with Gasteiger partial charge in [-0.25, -0.2) is 4.68 Å². The summed E-state index contributed by atoms with van der Waals surface area (Å²) in [4.78, 5) is 42.1. The Labute approximate surface area is 193 Å². The molecule has 2 heterocycles. The van der Waals surface area contributed by atoms with Gasteiger partial charge >= 0.3 is 0 Å². The van der Waals surface area contributed by atoms with Gasteiger partial charge in [0.1, 0.15) is 10.1 Å². The Morgan fingerprint density at radius 3 is 2.44 bits per heavy atom. The number of benzene rings is 2. The number of anilines is 1. The molecule has 1 aliphatic heterocycles. The fraction of sp³-hybridized carbons (Fsp3) is 0.130. The molecule has 0 bridgehead atoms. The highest BCUT2D eigenvalue weighted by Gasteiger charge is 2.24. The lowest BCUT2D eigenvalue weighted by atomic mass is 10.2. The van der Waals surface area contributed by atoms with Gasteiger partial charge in [-0.3, -0.25) is 19.1 Å². The van der Waals surface area contributed by atoms with Gasteiger partial charge in [0.05, 0.1) is 22.0 Å². The number of rotatable bonds is 5. The lowest BCUT2D eigenvalue weighted by Crippen LogP contribution is -2.23. The van der Waals surface area contributed by atoms with Gasteiger partial charge in [-0.15, -0.1) is 0 Å². The normalized spacial score (nSPS) is 14.6. The third kappa shape index (κ3) is 4.63. The van der Waals surface area contributed by atoms with Gasteiger partial charge < -0.3 is 5.32 Å². The van der Waals surface area contributed by atoms with Crippen LogP contribution in [0.4, 0.5) is 5.69 Å². The Kier molecular flexibility index (Phi) is 6.48. The number of amides is 2. The molecule has 0 spiro atoms. The number of carbonyl (C=O) groups is 2. The Morgan fingerprint density at radius 2 is 1.75 bits per heavy atom. The zero-order valence-electron chi connectivity index (χ0n) is 17.4. The molecule has 7 nitrogen and oxygen atoms in total. The molecule has 0 aliphatic carbocycles. The Hall–Kier alpha value is -3.30. The van der Waals surface area contributed by atoms with E-state index < -0.39 is 0 Å². The molecule has 9 heteroatoms. The number of thioether (sulfide) groups is 2. The van der Waals surface area contributed by atoms with E-state index in [-0.39, 0.29) is 28.8 Å². The minimum Gasteiger partial charge on any atom is -0.319 e. The topological polar surface area (TPSA) is 85.5 Å². The maximum atomic E-state index is 12.9. The third-order valence-electron chi connectivity index (χ3n) is 4.84. The summed E-state index contributed by atoms with van der Waals surface area (Å²) in [6.45, 7) is 1.78. The van der Waals surface area contributed by atoms with Gasteiger partial charge in [-0.1, -0.05) is 72.1 Å². The van der Waals surface area contributed by atoms with Gasteiger partial charge in [0.2, 0.25) is 5.91 Å². The van der Waals surface area contributed by atoms with Crippen molar-refractivity contribution in [3.05, 3.63) is 87.2 Å². The Morgan fingerprint density at radius 1 is 1.09 bits per heavy atom. The molecule has 0 radical (unpaired) electrons. The lowest BCUT2D eigenvalue weighted by Gasteiger charge is -2.07. The van der Waals surface area contributed by atoms with Gasteiger partial charge in [0.15, 0.2) is 0 Å². The molecule has 162 valence electrons. The molecule has 32 heavy (non-hydrogen) atoms. The predicted octanol–water partition coefficient (Wildman–Crippen LogP) is 3.83. The second-order valence-electron chi connectivity index (χ2n) is 6.98. The smallest absolute Gasteiger partial charge is 0.295 e. The van der Waals surface area contributed by atoms with Crippen molar-refractivity contribution in [2.24, 2.45) is 12.0 Å². The van der Waals surface area contributed by atoms with Crippen LogP contribution in [0.25, 0.3) is 11.8 Å². The molecule has 1 N–H and O–H groups in total. The average molecular weight is 465 g/mol. The second kappa shape index (κ2) is 9.46. The Bertz CT molecular complexity index is 1290. The van der Waals surface area contributed by atoms with Crippen LogP contribution in [-0.2, 0) is 16.6 Å². The van der Waals surface area contributed by atoms with Crippen LogP contribution in [0.1, 0.15) is 11.3 Å². The number of hydrogen-bond donors (Lipinski definition) is 1. The van der Waals surface area contributed by atoms with Gasteiger partial charge in [-0.05, 0) is 30.7 Å². The molecular weight excluding hydrogens is 444 g/mol. The number of aliphatic imine (C=N–C) groups is 1. The van der Waals surface area contributed by atoms with Crippen molar-refractivity contribution in [1.82, 2.24) is 9.36 Å². The molecule has 3 aromatic rings. The quantitative estimate of drug-likeness (QED) is 0.580. The molecule has 0 atom stereocenters. The lowest BCUT2D eigenvalue weighted by molar-refractivity contribution is -0.114. The van der Waals surface area contributed by atoms with Crippen molar-refractivity contribution in [1.29, 1.82) is 0 Å². The summed E-state index contributed by atoms with van der Waals surface area (Å²) in [6.07, 6.45) is 1.78. The van der Waals surface area contributed by atoms with Gasteiger partial charge in [0.25, 0.3) is 11.5 Å². The molecule has 0 unspecified atom stereocenters. The van der Waals surface area contributed by atoms with E-state index in [1.54, 1.807) is 24.7 Å². The summed E-state index contributed by atoms with van der Waals surface area (Å²) in [5, 5.41) is 2.72. The molecule has 0 fully saturated rings. The van der Waals surface area contributed by atoms with Crippen LogP contribution >= 0.6 is 23.5 Å². The first-order valence-electron chi connectivity index (χ1n) is 9.78. The summed E-state index contributed by atoms with van der Waals surface area (Å²) in [5.41, 5.74) is 2.21. The van der Waals surface area contributed by atoms with Crippen molar-refractivity contribution in [2.75, 3.05) is 11.1 Å². The largest absolute Gasteiger partial charge is 0.319 e. The molecular formula is C23H20N4O3S2. The van der Waals surface area contributed by atoms with Crippen LogP contribution in [0.15, 0.2) is 75.4 Å². The van der Waals surface area contributed by atoms with Crippen LogP contribution in [0.5, 0.6) is 0 Å². The minimum absolute atomic E-state index is 0.0385. The summed E-state index contributed by atoms with van der Waals surface area (Å²) >= 11 is 2.42. The first-order chi connectivity index (χ1) is 15.4. The average Bonchev–Trinajstić information content (AvgIpc) is 3.25. The number of carbonyl (C=O) groups excluding carboxylic acids is 2. The van der Waals surface area contributed by atoms with Gasteiger partial charge in [0, 0.05) is 7.05 Å². The predicted molar refractivity (Wildman–Crippen MR) is 131 cm³/mol. The summed E-state index contributed by atoms with van der Waals surface area (Å²) in [7, 11) is 1.77. The number of nitrogens with one attached hydrogen (secondary N) is 1. The third-order valence-corrected chi connectivity index (χ3v) is 6.97. The minimum atomic E-state index is -0.336. The van der Waals surface area contributed by atoms with Crippen molar-refractivity contribution < 1.29 is 9.59 Å². The standard InChI is InChI=1S/C23H20N4O3S2/c1-15-20(22(30)27(26(15)2)17-11-7-4-8-12-17)24-19(28)14-31-23-25-21(29)18(32-23)13-16-9-5-3-6-10-16/h3-13H,14H2,1-2H3,(H,24,28). The second-order valence-corrected chi connectivity index (χ2v) is 9.23. The van der Waals surface area contributed by atoms with E-state index in [2.05, 4.69) is 10.3 Å². The van der Waals surface area contributed by atoms with Crippen LogP contribution in [0.3, 0.4) is 0 Å². The van der Waals surface area contributed by atoms with Crippen molar-refractivity contribution in [2.45, 2.75) is 6.92 Å². The maximum absolute atomic E-state index is 12.9. The highest BCUT2D eigenvalue weighted by molar-refractivity contribution is 8.41. The van der Waals surface area contributed by atoms with E-state index in [1.807, 2.05) is 60.7 Å². The van der Waals surface area contributed by atoms with Crippen molar-refractivity contribution in [3.8, 4) is 5.69 Å². The van der Waals surface area contributed by atoms with E-state index in [0.29, 0.717) is 20.7 Å². The molecule has 2 aromatic carbocycles. The molecule has 2 amide bonds. The van der Waals surface area contributed by atoms with Crippen LogP contribution in [0, 0.1) is 6.92 Å². The summed E-state index contributed by atoms with van der Waals surface area (Å²) in [6, 6.07) is 18.7. The molecule has 4 rings (SSSR count). The van der Waals surface area contributed by atoms with Gasteiger partial charge in [-0.2, -0.15) is 4.99 Å². The van der Waals surface area contributed by atoms with Crippen molar-refractivity contribution in [3.63, 3.8) is 0 Å². The number of nitrogens with zero attached hydrogens (tertiary/aromatic N) is 3. The first-order valence-corrected chi connectivity index (χ1v) is 11.6. The monoisotopic (exact) mass is 464 g/mol. The summed E-state index contributed by atoms with van der Waals surface area (Å²) < 4.78 is 3.73. The van der Waals surface area contributed by atoms with Crippen LogP contribution < -0.4 is 10.9 Å². The summed E-state index contributed by atoms with van der Waals surface area (Å²) in [5.74, 6) is -0.611. The number of para-hydroxylation sites is 1. The van der Waals surface area contributed by atoms with E-state index >= 15 is 0 Å². The zero-order chi connectivity index (χ0) is 22.7. The SMILES string of the molecule is Cc1c(NC(=O)CSC2=NC(=O)C(=Cc3ccccc3)S2)c(=O)n(-c2ccccc2)n1C. The number of hydrogen-bond acceptors (Lipinski definition) is 5. The van der Waals surface area contributed by atoms with E-state index in [4.69, 9.17) is 0 Å². The number of aromatic nitrogens is 2. The molecule has 1 aromatic heterocycles. The fourth-order valence-corrected chi connectivity index (χ4v) is 4.97. The van der Waals surface area contributed by atoms with E-state index in [0.717, 1.165) is 5.56 Å². The van der Waals surface area contributed by atoms with E-state index in [9.17, 15) is 14.4 Å². The highest BCUT2D eigenvalue weighted by atomic mass is 32.2. The maximum Gasteiger partial charge on any atom is 0.295 e. The molecule has 1 aliphatic rings. The molecule has 0 saturated heterocycles. The molecule has 0 saturated carbocycles. The van der Waals surface area contributed by atoms with Crippen LogP contribution in [-0.4, -0.2) is 31.3 Å². The Balaban J connectivity index is 1.41. The fourth-order valence-electron chi connectivity index (χ4n) is 3.17. The van der Waals surface area contributed by atoms with Crippen molar-refractivity contribution >= 4 is 51.5 Å². The van der Waals surface area contributed by atoms with Crippen LogP contribution in [0.2, 0.25) is 0 Å².